The first-order valence-corrected chi connectivity index (χ1v) is 28.5. The summed E-state index contributed by atoms with van der Waals surface area (Å²) >= 11 is 0. The molecule has 0 bridgehead atoms. The normalized spacial score (nSPS) is 13.0. The van der Waals surface area contributed by atoms with Crippen LogP contribution in [0.2, 0.25) is 0 Å². The lowest BCUT2D eigenvalue weighted by Crippen LogP contribution is -2.30. The first kappa shape index (κ1) is 65.8. The highest BCUT2D eigenvalue weighted by molar-refractivity contribution is 5.71. The predicted molar refractivity (Wildman–Crippen MR) is 302 cm³/mol. The number of carbonyl (C=O) groups is 3. The molecule has 0 aliphatic carbocycles. The number of esters is 3. The molecule has 0 aliphatic heterocycles. The van der Waals surface area contributed by atoms with E-state index >= 15 is 0 Å². The highest BCUT2D eigenvalue weighted by Gasteiger charge is 2.19. The van der Waals surface area contributed by atoms with E-state index in [4.69, 9.17) is 14.2 Å². The van der Waals surface area contributed by atoms with Crippen LogP contribution in [0.3, 0.4) is 0 Å². The van der Waals surface area contributed by atoms with Crippen LogP contribution in [-0.2, 0) is 28.6 Å². The van der Waals surface area contributed by atoms with Gasteiger partial charge in [-0.05, 0) is 116 Å². The summed E-state index contributed by atoms with van der Waals surface area (Å²) in [7, 11) is 0. The van der Waals surface area contributed by atoms with Gasteiger partial charge < -0.3 is 14.2 Å². The van der Waals surface area contributed by atoms with Crippen molar-refractivity contribution in [2.24, 2.45) is 0 Å². The zero-order valence-electron chi connectivity index (χ0n) is 45.2. The summed E-state index contributed by atoms with van der Waals surface area (Å²) in [4.78, 5) is 38.1. The van der Waals surface area contributed by atoms with E-state index in [1.165, 1.54) is 89.9 Å². The molecule has 0 aromatic heterocycles. The lowest BCUT2D eigenvalue weighted by atomic mass is 10.1. The molecule has 70 heavy (non-hydrogen) atoms. The average Bonchev–Trinajstić information content (AvgIpc) is 3.36. The molecule has 6 heteroatoms. The van der Waals surface area contributed by atoms with E-state index < -0.39 is 6.10 Å². The van der Waals surface area contributed by atoms with Crippen molar-refractivity contribution >= 4 is 17.9 Å². The van der Waals surface area contributed by atoms with Gasteiger partial charge in [0.15, 0.2) is 6.10 Å². The van der Waals surface area contributed by atoms with Gasteiger partial charge in [-0.2, -0.15) is 0 Å². The molecular weight excluding hydrogens is 865 g/mol. The van der Waals surface area contributed by atoms with Crippen molar-refractivity contribution in [1.29, 1.82) is 0 Å². The first-order valence-electron chi connectivity index (χ1n) is 28.5. The standard InChI is InChI=1S/C64H104O6/c1-4-7-10-13-16-19-22-25-28-30-32-34-36-39-42-45-48-51-54-57-63(66)69-60-61(59-68-62(65)56-53-50-47-44-41-38-27-24-21-18-15-12-9-6-3)70-64(67)58-55-52-49-46-43-40-37-35-33-31-29-26-23-20-17-14-11-8-5-2/h7,10,15-20,24-29,32,34,39,42,48,51,61H,4-6,8-9,11-14,21-23,30-31,33,35-38,40-41,43-47,49-50,52-60H2,1-3H3/b10-7-,18-15-,19-16-,20-17-,27-24-,28-25-,29-26-,34-32-,42-39-,51-48-/t61-/m1/s1. The van der Waals surface area contributed by atoms with Gasteiger partial charge in [0.1, 0.15) is 13.2 Å². The fourth-order valence-electron chi connectivity index (χ4n) is 7.40. The SMILES string of the molecule is CC/C=C\C/C=C\C/C=C\C/C=C\C/C=C\C/C=C\CCC(=O)OC[C@@H](COC(=O)CCCCCCC/C=C\C/C=C\CCCC)OC(=O)CCCCCCCCCCC/C=C\C/C=C\CCCCC. The van der Waals surface area contributed by atoms with Gasteiger partial charge in [-0.25, -0.2) is 0 Å². The van der Waals surface area contributed by atoms with E-state index in [9.17, 15) is 14.4 Å². The smallest absolute Gasteiger partial charge is 0.306 e. The Morgan fingerprint density at radius 3 is 1.00 bits per heavy atom. The van der Waals surface area contributed by atoms with Crippen molar-refractivity contribution in [3.05, 3.63) is 122 Å². The van der Waals surface area contributed by atoms with Crippen molar-refractivity contribution < 1.29 is 28.6 Å². The molecule has 0 radical (unpaired) electrons. The maximum absolute atomic E-state index is 12.9. The lowest BCUT2D eigenvalue weighted by molar-refractivity contribution is -0.166. The van der Waals surface area contributed by atoms with Crippen LogP contribution in [0.4, 0.5) is 0 Å². The van der Waals surface area contributed by atoms with Gasteiger partial charge in [-0.3, -0.25) is 14.4 Å². The molecule has 0 rings (SSSR count). The van der Waals surface area contributed by atoms with E-state index in [-0.39, 0.29) is 37.5 Å². The second-order valence-corrected chi connectivity index (χ2v) is 18.5. The number of allylic oxidation sites excluding steroid dienone is 20. The average molecular weight is 970 g/mol. The number of rotatable bonds is 50. The van der Waals surface area contributed by atoms with Crippen LogP contribution in [0.1, 0.15) is 245 Å². The molecule has 0 heterocycles. The summed E-state index contributed by atoms with van der Waals surface area (Å²) in [6, 6.07) is 0. The Morgan fingerprint density at radius 1 is 0.300 bits per heavy atom. The number of hydrogen-bond acceptors (Lipinski definition) is 6. The quantitative estimate of drug-likeness (QED) is 0.0262. The highest BCUT2D eigenvalue weighted by atomic mass is 16.6. The zero-order chi connectivity index (χ0) is 50.7. The Kier molecular flexibility index (Phi) is 54.0. The van der Waals surface area contributed by atoms with Gasteiger partial charge in [-0.15, -0.1) is 0 Å². The fourth-order valence-corrected chi connectivity index (χ4v) is 7.40. The molecule has 0 aliphatic rings. The summed E-state index contributed by atoms with van der Waals surface area (Å²) < 4.78 is 16.8. The zero-order valence-corrected chi connectivity index (χ0v) is 45.2. The first-order chi connectivity index (χ1) is 34.5. The minimum atomic E-state index is -0.821. The Hall–Kier alpha value is -4.19. The molecule has 0 fully saturated rings. The molecule has 6 nitrogen and oxygen atoms in total. The van der Waals surface area contributed by atoms with E-state index in [2.05, 4.69) is 136 Å². The monoisotopic (exact) mass is 969 g/mol. The van der Waals surface area contributed by atoms with Gasteiger partial charge in [-0.1, -0.05) is 232 Å². The van der Waals surface area contributed by atoms with Crippen LogP contribution in [-0.4, -0.2) is 37.2 Å². The number of unbranched alkanes of at least 4 members (excludes halogenated alkanes) is 19. The van der Waals surface area contributed by atoms with Gasteiger partial charge in [0.05, 0.1) is 0 Å². The largest absolute Gasteiger partial charge is 0.462 e. The Morgan fingerprint density at radius 2 is 0.600 bits per heavy atom. The van der Waals surface area contributed by atoms with Crippen molar-refractivity contribution in [3.63, 3.8) is 0 Å². The molecule has 0 N–H and O–H groups in total. The number of carbonyl (C=O) groups excluding carboxylic acids is 3. The summed E-state index contributed by atoms with van der Waals surface area (Å²) in [5, 5.41) is 0. The molecule has 0 saturated carbocycles. The van der Waals surface area contributed by atoms with Crippen LogP contribution in [0, 0.1) is 0 Å². The second-order valence-electron chi connectivity index (χ2n) is 18.5. The van der Waals surface area contributed by atoms with E-state index in [1.807, 2.05) is 6.08 Å². The van der Waals surface area contributed by atoms with E-state index in [1.54, 1.807) is 0 Å². The maximum Gasteiger partial charge on any atom is 0.306 e. The van der Waals surface area contributed by atoms with Crippen molar-refractivity contribution in [2.75, 3.05) is 13.2 Å². The number of hydrogen-bond donors (Lipinski definition) is 0. The molecule has 396 valence electrons. The van der Waals surface area contributed by atoms with E-state index in [0.717, 1.165) is 109 Å². The van der Waals surface area contributed by atoms with Crippen LogP contribution >= 0.6 is 0 Å². The Bertz CT molecular complexity index is 1490. The fraction of sp³-hybridized carbons (Fsp3) is 0.641. The highest BCUT2D eigenvalue weighted by Crippen LogP contribution is 2.14. The summed E-state index contributed by atoms with van der Waals surface area (Å²) in [5.74, 6) is -1.02. The lowest BCUT2D eigenvalue weighted by Gasteiger charge is -2.18. The topological polar surface area (TPSA) is 78.9 Å². The third-order valence-electron chi connectivity index (χ3n) is 11.7. The molecular formula is C64H104O6. The predicted octanol–water partition coefficient (Wildman–Crippen LogP) is 19.3. The molecule has 0 unspecified atom stereocenters. The van der Waals surface area contributed by atoms with Crippen molar-refractivity contribution in [3.8, 4) is 0 Å². The maximum atomic E-state index is 12.9. The Balaban J connectivity index is 4.53. The van der Waals surface area contributed by atoms with Gasteiger partial charge in [0, 0.05) is 19.3 Å². The molecule has 0 saturated heterocycles. The minimum Gasteiger partial charge on any atom is -0.462 e. The summed E-state index contributed by atoms with van der Waals surface area (Å²) in [6.45, 7) is 6.38. The molecule has 0 amide bonds. The molecule has 1 atom stereocenters. The second kappa shape index (κ2) is 57.4. The summed E-state index contributed by atoms with van der Waals surface area (Å²) in [6.07, 6.45) is 79.1. The van der Waals surface area contributed by atoms with Crippen LogP contribution in [0.25, 0.3) is 0 Å². The minimum absolute atomic E-state index is 0.113. The van der Waals surface area contributed by atoms with Crippen LogP contribution in [0.5, 0.6) is 0 Å². The third-order valence-corrected chi connectivity index (χ3v) is 11.7. The Labute approximate surface area is 431 Å². The van der Waals surface area contributed by atoms with Crippen molar-refractivity contribution in [2.45, 2.75) is 252 Å². The molecule has 0 aromatic rings. The van der Waals surface area contributed by atoms with Crippen LogP contribution < -0.4 is 0 Å². The van der Waals surface area contributed by atoms with Gasteiger partial charge in [0.25, 0.3) is 0 Å². The third kappa shape index (κ3) is 54.7. The molecule has 0 spiro atoms. The summed E-state index contributed by atoms with van der Waals surface area (Å²) in [5.41, 5.74) is 0. The van der Waals surface area contributed by atoms with Crippen LogP contribution in [0.15, 0.2) is 122 Å². The number of ether oxygens (including phenoxy) is 3. The molecule has 0 aromatic carbocycles. The van der Waals surface area contributed by atoms with E-state index in [0.29, 0.717) is 19.3 Å². The van der Waals surface area contributed by atoms with Crippen molar-refractivity contribution in [1.82, 2.24) is 0 Å². The van der Waals surface area contributed by atoms with Gasteiger partial charge in [0.2, 0.25) is 0 Å². The van der Waals surface area contributed by atoms with Gasteiger partial charge >= 0.3 is 17.9 Å².